The van der Waals surface area contributed by atoms with E-state index in [1.54, 1.807) is 0 Å². The summed E-state index contributed by atoms with van der Waals surface area (Å²) in [7, 11) is 4.22. The summed E-state index contributed by atoms with van der Waals surface area (Å²) in [6.07, 6.45) is 2.19. The van der Waals surface area contributed by atoms with Gasteiger partial charge in [0.05, 0.1) is 0 Å². The van der Waals surface area contributed by atoms with Crippen LogP contribution in [0.2, 0.25) is 5.02 Å². The molecule has 0 bridgehead atoms. The van der Waals surface area contributed by atoms with Crippen molar-refractivity contribution in [3.8, 4) is 0 Å². The van der Waals surface area contributed by atoms with E-state index in [0.29, 0.717) is 0 Å². The van der Waals surface area contributed by atoms with E-state index < -0.39 is 0 Å². The predicted molar refractivity (Wildman–Crippen MR) is 69.1 cm³/mol. The van der Waals surface area contributed by atoms with Gasteiger partial charge >= 0.3 is 0 Å². The molecule has 1 N–H and O–H groups in total. The van der Waals surface area contributed by atoms with Gasteiger partial charge in [0.15, 0.2) is 0 Å². The molecule has 0 saturated carbocycles. The van der Waals surface area contributed by atoms with Gasteiger partial charge in [0.2, 0.25) is 0 Å². The summed E-state index contributed by atoms with van der Waals surface area (Å²) in [4.78, 5) is 2.37. The Morgan fingerprint density at radius 3 is 2.75 bits per heavy atom. The van der Waals surface area contributed by atoms with Gasteiger partial charge in [-0.3, -0.25) is 0 Å². The van der Waals surface area contributed by atoms with Crippen LogP contribution in [0.1, 0.15) is 12.0 Å². The normalized spacial score (nSPS) is 26.2. The van der Waals surface area contributed by atoms with Gasteiger partial charge < -0.3 is 10.2 Å². The van der Waals surface area contributed by atoms with Gasteiger partial charge in [-0.25, -0.2) is 0 Å². The van der Waals surface area contributed by atoms with Gasteiger partial charge in [-0.1, -0.05) is 29.8 Å². The molecular formula is C13H19ClN2. The number of likely N-dealkylation sites (N-methyl/N-ethyl adjacent to an activating group) is 2. The lowest BCUT2D eigenvalue weighted by Gasteiger charge is -2.29. The highest BCUT2D eigenvalue weighted by Gasteiger charge is 2.35. The van der Waals surface area contributed by atoms with E-state index in [0.717, 1.165) is 24.5 Å². The fourth-order valence-corrected chi connectivity index (χ4v) is 2.73. The Morgan fingerprint density at radius 1 is 1.44 bits per heavy atom. The average molecular weight is 239 g/mol. The number of nitrogens with one attached hydrogen (secondary N) is 1. The van der Waals surface area contributed by atoms with Crippen LogP contribution in [0.25, 0.3) is 0 Å². The van der Waals surface area contributed by atoms with Gasteiger partial charge in [-0.05, 0) is 45.1 Å². The molecule has 1 aromatic rings. The Hall–Kier alpha value is -0.570. The quantitative estimate of drug-likeness (QED) is 0.869. The number of likely N-dealkylation sites (tertiary alicyclic amines) is 1. The maximum absolute atomic E-state index is 6.22. The van der Waals surface area contributed by atoms with Crippen LogP contribution >= 0.6 is 11.6 Å². The molecule has 0 radical (unpaired) electrons. The van der Waals surface area contributed by atoms with Crippen LogP contribution in [0.4, 0.5) is 0 Å². The minimum atomic E-state index is 0.194. The Morgan fingerprint density at radius 2 is 2.19 bits per heavy atom. The smallest absolute Gasteiger partial charge is 0.0438 e. The van der Waals surface area contributed by atoms with Gasteiger partial charge in [0.25, 0.3) is 0 Å². The SMILES string of the molecule is CNC1(Cc2ccccc2Cl)CCN(C)C1. The molecule has 3 heteroatoms. The molecule has 1 atom stereocenters. The van der Waals surface area contributed by atoms with Crippen LogP contribution in [0.5, 0.6) is 0 Å². The zero-order chi connectivity index (χ0) is 11.6. The summed E-state index contributed by atoms with van der Waals surface area (Å²) in [6.45, 7) is 2.25. The van der Waals surface area contributed by atoms with Gasteiger partial charge in [-0.15, -0.1) is 0 Å². The van der Waals surface area contributed by atoms with Crippen molar-refractivity contribution < 1.29 is 0 Å². The second-order valence-electron chi connectivity index (χ2n) is 4.79. The van der Waals surface area contributed by atoms with Gasteiger partial charge in [0.1, 0.15) is 0 Å². The first-order valence-corrected chi connectivity index (χ1v) is 6.14. The lowest BCUT2D eigenvalue weighted by atomic mass is 9.90. The highest BCUT2D eigenvalue weighted by molar-refractivity contribution is 6.31. The van der Waals surface area contributed by atoms with Crippen molar-refractivity contribution in [3.05, 3.63) is 34.9 Å². The molecule has 1 saturated heterocycles. The first-order chi connectivity index (χ1) is 7.65. The van der Waals surface area contributed by atoms with E-state index in [4.69, 9.17) is 11.6 Å². The van der Waals surface area contributed by atoms with Crippen molar-refractivity contribution >= 4 is 11.6 Å². The van der Waals surface area contributed by atoms with E-state index in [1.807, 2.05) is 12.1 Å². The number of halogens is 1. The van der Waals surface area contributed by atoms with Gasteiger partial charge in [-0.2, -0.15) is 0 Å². The number of hydrogen-bond acceptors (Lipinski definition) is 2. The molecule has 1 heterocycles. The summed E-state index contributed by atoms with van der Waals surface area (Å²) in [5.41, 5.74) is 1.44. The van der Waals surface area contributed by atoms with Crippen LogP contribution in [-0.4, -0.2) is 37.6 Å². The van der Waals surface area contributed by atoms with Crippen LogP contribution < -0.4 is 5.32 Å². The second-order valence-corrected chi connectivity index (χ2v) is 5.19. The third-order valence-electron chi connectivity index (χ3n) is 3.56. The molecule has 1 aliphatic rings. The third-order valence-corrected chi connectivity index (χ3v) is 3.93. The van der Waals surface area contributed by atoms with E-state index in [-0.39, 0.29) is 5.54 Å². The molecular weight excluding hydrogens is 220 g/mol. The molecule has 1 fully saturated rings. The standard InChI is InChI=1S/C13H19ClN2/c1-15-13(7-8-16(2)10-13)9-11-5-3-4-6-12(11)14/h3-6,15H,7-10H2,1-2H3. The van der Waals surface area contributed by atoms with Crippen LogP contribution in [0.3, 0.4) is 0 Å². The number of rotatable bonds is 3. The van der Waals surface area contributed by atoms with E-state index in [2.05, 4.69) is 36.4 Å². The highest BCUT2D eigenvalue weighted by atomic mass is 35.5. The molecule has 1 aliphatic heterocycles. The topological polar surface area (TPSA) is 15.3 Å². The number of nitrogens with zero attached hydrogens (tertiary/aromatic N) is 1. The Kier molecular flexibility index (Phi) is 3.53. The zero-order valence-corrected chi connectivity index (χ0v) is 10.7. The molecule has 0 amide bonds. The zero-order valence-electron chi connectivity index (χ0n) is 9.96. The van der Waals surface area contributed by atoms with E-state index >= 15 is 0 Å². The van der Waals surface area contributed by atoms with E-state index in [9.17, 15) is 0 Å². The highest BCUT2D eigenvalue weighted by Crippen LogP contribution is 2.27. The van der Waals surface area contributed by atoms with Crippen molar-refractivity contribution in [2.75, 3.05) is 27.2 Å². The first kappa shape index (κ1) is 11.9. The maximum atomic E-state index is 6.22. The summed E-state index contributed by atoms with van der Waals surface area (Å²) in [5.74, 6) is 0. The predicted octanol–water partition coefficient (Wildman–Crippen LogP) is 2.18. The molecule has 88 valence electrons. The van der Waals surface area contributed by atoms with Crippen LogP contribution in [-0.2, 0) is 6.42 Å². The summed E-state index contributed by atoms with van der Waals surface area (Å²) in [5, 5.41) is 4.36. The van der Waals surface area contributed by atoms with E-state index in [1.165, 1.54) is 12.0 Å². The molecule has 16 heavy (non-hydrogen) atoms. The molecule has 0 aliphatic carbocycles. The minimum absolute atomic E-state index is 0.194. The largest absolute Gasteiger partial charge is 0.313 e. The maximum Gasteiger partial charge on any atom is 0.0438 e. The molecule has 1 unspecified atom stereocenters. The minimum Gasteiger partial charge on any atom is -0.313 e. The second kappa shape index (κ2) is 4.74. The number of hydrogen-bond donors (Lipinski definition) is 1. The average Bonchev–Trinajstić information content (AvgIpc) is 2.65. The lowest BCUT2D eigenvalue weighted by Crippen LogP contribution is -2.47. The third kappa shape index (κ3) is 2.40. The van der Waals surface area contributed by atoms with Crippen LogP contribution in [0, 0.1) is 0 Å². The fraction of sp³-hybridized carbons (Fsp3) is 0.538. The van der Waals surface area contributed by atoms with Crippen molar-refractivity contribution in [1.29, 1.82) is 0 Å². The molecule has 0 spiro atoms. The van der Waals surface area contributed by atoms with Crippen molar-refractivity contribution in [1.82, 2.24) is 10.2 Å². The van der Waals surface area contributed by atoms with Gasteiger partial charge in [0, 0.05) is 17.1 Å². The van der Waals surface area contributed by atoms with Crippen molar-refractivity contribution in [3.63, 3.8) is 0 Å². The Bertz CT molecular complexity index is 367. The number of benzene rings is 1. The molecule has 2 rings (SSSR count). The monoisotopic (exact) mass is 238 g/mol. The van der Waals surface area contributed by atoms with Crippen LogP contribution in [0.15, 0.2) is 24.3 Å². The van der Waals surface area contributed by atoms with Crippen molar-refractivity contribution in [2.45, 2.75) is 18.4 Å². The summed E-state index contributed by atoms with van der Waals surface area (Å²) in [6, 6.07) is 8.14. The lowest BCUT2D eigenvalue weighted by molar-refractivity contribution is 0.326. The Labute approximate surface area is 103 Å². The molecule has 1 aromatic carbocycles. The fourth-order valence-electron chi connectivity index (χ4n) is 2.52. The first-order valence-electron chi connectivity index (χ1n) is 5.76. The summed E-state index contributed by atoms with van der Waals surface area (Å²) < 4.78 is 0. The van der Waals surface area contributed by atoms with Crippen molar-refractivity contribution in [2.24, 2.45) is 0 Å². The molecule has 0 aromatic heterocycles. The molecule has 2 nitrogen and oxygen atoms in total. The Balaban J connectivity index is 2.16. The summed E-state index contributed by atoms with van der Waals surface area (Å²) >= 11 is 6.22.